The van der Waals surface area contributed by atoms with Crippen LogP contribution in [0.2, 0.25) is 0 Å². The number of fused-ring (bicyclic) bond motifs is 6. The largest absolute Gasteiger partial charge is 0.254 e. The number of hydrogen-bond acceptors (Lipinski definition) is 4. The van der Waals surface area contributed by atoms with Crippen molar-refractivity contribution in [1.82, 2.24) is 19.9 Å². The lowest BCUT2D eigenvalue weighted by Crippen LogP contribution is -1.93. The van der Waals surface area contributed by atoms with Crippen molar-refractivity contribution >= 4 is 75.9 Å². The minimum Gasteiger partial charge on any atom is -0.254 e. The van der Waals surface area contributed by atoms with Crippen molar-refractivity contribution in [3.63, 3.8) is 0 Å². The first-order valence-electron chi connectivity index (χ1n) is 14.8. The third-order valence-electron chi connectivity index (χ3n) is 9.17. The first-order valence-corrected chi connectivity index (χ1v) is 14.8. The standard InChI is InChI=1S/C40H22N4/c1-5-25-21-33(31-7-3-19-43-39(31)37(25)41-17-1)27-13-9-23-12-16-30-28(14-10-24-11-15-29(27)35(23)36(24)30)34-22-26-6-2-18-42-38(26)40-32(34)8-4-20-44-40/h1-22H. The maximum absolute atomic E-state index is 4.78. The van der Waals surface area contributed by atoms with Crippen molar-refractivity contribution in [2.45, 2.75) is 0 Å². The van der Waals surface area contributed by atoms with Crippen molar-refractivity contribution in [2.75, 3.05) is 0 Å². The van der Waals surface area contributed by atoms with Crippen LogP contribution < -0.4 is 0 Å². The van der Waals surface area contributed by atoms with Crippen molar-refractivity contribution in [3.8, 4) is 22.3 Å². The SMILES string of the molecule is c1cnc2c(c1)cc(-c1ccc3ccc4c(-c5cc6cccnc6c6ncccc56)ccc5ccc1c3c54)c1cccnc12. The van der Waals surface area contributed by atoms with Crippen molar-refractivity contribution in [1.29, 1.82) is 0 Å². The average Bonchev–Trinajstić information content (AvgIpc) is 3.10. The third kappa shape index (κ3) is 3.17. The molecular formula is C40H22N4. The predicted octanol–water partition coefficient (Wildman–Crippen LogP) is 10.1. The molecule has 0 unspecified atom stereocenters. The highest BCUT2D eigenvalue weighted by Crippen LogP contribution is 2.45. The van der Waals surface area contributed by atoms with E-state index in [1.165, 1.54) is 54.6 Å². The van der Waals surface area contributed by atoms with Gasteiger partial charge in [-0.1, -0.05) is 72.8 Å². The average molecular weight is 559 g/mol. The highest BCUT2D eigenvalue weighted by molar-refractivity contribution is 6.29. The molecule has 0 saturated heterocycles. The second-order valence-electron chi connectivity index (χ2n) is 11.4. The summed E-state index contributed by atoms with van der Waals surface area (Å²) in [7, 11) is 0. The summed E-state index contributed by atoms with van der Waals surface area (Å²) in [4.78, 5) is 18.9. The van der Waals surface area contributed by atoms with Crippen LogP contribution in [0.4, 0.5) is 0 Å². The molecule has 44 heavy (non-hydrogen) atoms. The first-order chi connectivity index (χ1) is 21.8. The molecule has 0 atom stereocenters. The molecule has 0 radical (unpaired) electrons. The van der Waals surface area contributed by atoms with Gasteiger partial charge < -0.3 is 0 Å². The first kappa shape index (κ1) is 23.6. The normalized spacial score (nSPS) is 12.1. The van der Waals surface area contributed by atoms with Gasteiger partial charge in [-0.2, -0.15) is 0 Å². The Kier molecular flexibility index (Phi) is 4.69. The van der Waals surface area contributed by atoms with E-state index in [9.17, 15) is 0 Å². The van der Waals surface area contributed by atoms with E-state index in [0.717, 1.165) is 43.6 Å². The number of aromatic nitrogens is 4. The molecule has 0 amide bonds. The Morgan fingerprint density at radius 1 is 0.295 bits per heavy atom. The lowest BCUT2D eigenvalue weighted by atomic mass is 9.85. The molecule has 0 N–H and O–H groups in total. The van der Waals surface area contributed by atoms with Gasteiger partial charge >= 0.3 is 0 Å². The Hall–Kier alpha value is -6.00. The summed E-state index contributed by atoms with van der Waals surface area (Å²) in [5, 5.41) is 11.9. The van der Waals surface area contributed by atoms with Crippen molar-refractivity contribution in [2.24, 2.45) is 0 Å². The van der Waals surface area contributed by atoms with Crippen LogP contribution in [0, 0.1) is 0 Å². The summed E-state index contributed by atoms with van der Waals surface area (Å²) in [6.07, 6.45) is 7.40. The number of nitrogens with zero attached hydrogens (tertiary/aromatic N) is 4. The van der Waals surface area contributed by atoms with Crippen LogP contribution in [-0.4, -0.2) is 19.9 Å². The number of hydrogen-bond donors (Lipinski definition) is 0. The van der Waals surface area contributed by atoms with Crippen molar-refractivity contribution in [3.05, 3.63) is 134 Å². The lowest BCUT2D eigenvalue weighted by molar-refractivity contribution is 1.37. The van der Waals surface area contributed by atoms with Crippen LogP contribution >= 0.6 is 0 Å². The fourth-order valence-electron chi connectivity index (χ4n) is 7.27. The molecule has 0 fully saturated rings. The van der Waals surface area contributed by atoms with Crippen LogP contribution in [0.15, 0.2) is 134 Å². The number of rotatable bonds is 2. The van der Waals surface area contributed by atoms with Gasteiger partial charge in [-0.3, -0.25) is 19.9 Å². The van der Waals surface area contributed by atoms with Gasteiger partial charge in [0.2, 0.25) is 0 Å². The van der Waals surface area contributed by atoms with Gasteiger partial charge in [-0.25, -0.2) is 0 Å². The smallest absolute Gasteiger partial charge is 0.0970 e. The van der Waals surface area contributed by atoms with Crippen LogP contribution in [0.1, 0.15) is 0 Å². The van der Waals surface area contributed by atoms with Crippen LogP contribution in [0.3, 0.4) is 0 Å². The summed E-state index contributed by atoms with van der Waals surface area (Å²) in [6, 6.07) is 39.3. The molecule has 6 aromatic carbocycles. The molecular weight excluding hydrogens is 536 g/mol. The summed E-state index contributed by atoms with van der Waals surface area (Å²) in [5.74, 6) is 0. The van der Waals surface area contributed by atoms with E-state index in [2.05, 4.69) is 94.9 Å². The molecule has 0 bridgehead atoms. The van der Waals surface area contributed by atoms with E-state index in [1.54, 1.807) is 0 Å². The van der Waals surface area contributed by atoms with Gasteiger partial charge in [0, 0.05) is 46.3 Å². The highest BCUT2D eigenvalue weighted by atomic mass is 14.7. The van der Waals surface area contributed by atoms with Gasteiger partial charge in [0.05, 0.1) is 22.1 Å². The summed E-state index contributed by atoms with van der Waals surface area (Å²) in [5.41, 5.74) is 8.47. The highest BCUT2D eigenvalue weighted by Gasteiger charge is 2.19. The molecule has 4 aromatic heterocycles. The van der Waals surface area contributed by atoms with Gasteiger partial charge in [-0.05, 0) is 91.0 Å². The van der Waals surface area contributed by atoms with Gasteiger partial charge in [-0.15, -0.1) is 0 Å². The molecule has 0 aliphatic heterocycles. The number of pyridine rings is 4. The predicted molar refractivity (Wildman–Crippen MR) is 182 cm³/mol. The molecule has 10 aromatic rings. The van der Waals surface area contributed by atoms with Gasteiger partial charge in [0.15, 0.2) is 0 Å². The topological polar surface area (TPSA) is 51.6 Å². The maximum Gasteiger partial charge on any atom is 0.0970 e. The lowest BCUT2D eigenvalue weighted by Gasteiger charge is -2.18. The summed E-state index contributed by atoms with van der Waals surface area (Å²) >= 11 is 0. The van der Waals surface area contributed by atoms with Crippen LogP contribution in [-0.2, 0) is 0 Å². The molecule has 0 saturated carbocycles. The second-order valence-corrected chi connectivity index (χ2v) is 11.4. The molecule has 0 aliphatic rings. The van der Waals surface area contributed by atoms with Crippen molar-refractivity contribution < 1.29 is 0 Å². The molecule has 4 heteroatoms. The van der Waals surface area contributed by atoms with E-state index in [-0.39, 0.29) is 0 Å². The Morgan fingerprint density at radius 3 is 1.18 bits per heavy atom. The molecule has 202 valence electrons. The summed E-state index contributed by atoms with van der Waals surface area (Å²) in [6.45, 7) is 0. The Balaban J connectivity index is 1.31. The maximum atomic E-state index is 4.78. The van der Waals surface area contributed by atoms with E-state index in [0.29, 0.717) is 0 Å². The molecule has 4 heterocycles. The van der Waals surface area contributed by atoms with E-state index in [4.69, 9.17) is 9.97 Å². The minimum atomic E-state index is 0.930. The summed E-state index contributed by atoms with van der Waals surface area (Å²) < 4.78 is 0. The minimum absolute atomic E-state index is 0.930. The zero-order valence-electron chi connectivity index (χ0n) is 23.5. The second kappa shape index (κ2) is 8.76. The Labute approximate surface area is 251 Å². The zero-order chi connectivity index (χ0) is 28.8. The van der Waals surface area contributed by atoms with Gasteiger partial charge in [0.25, 0.3) is 0 Å². The van der Waals surface area contributed by atoms with Crippen LogP contribution in [0.5, 0.6) is 0 Å². The van der Waals surface area contributed by atoms with E-state index < -0.39 is 0 Å². The Bertz CT molecular complexity index is 2590. The zero-order valence-corrected chi connectivity index (χ0v) is 23.5. The fraction of sp³-hybridized carbons (Fsp3) is 0. The van der Waals surface area contributed by atoms with E-state index in [1.807, 2.05) is 49.1 Å². The molecule has 4 nitrogen and oxygen atoms in total. The monoisotopic (exact) mass is 558 g/mol. The molecule has 0 spiro atoms. The van der Waals surface area contributed by atoms with Gasteiger partial charge in [0.1, 0.15) is 0 Å². The molecule has 0 aliphatic carbocycles. The Morgan fingerprint density at radius 2 is 0.705 bits per heavy atom. The number of benzene rings is 6. The quantitative estimate of drug-likeness (QED) is 0.198. The molecule has 10 rings (SSSR count). The fourth-order valence-corrected chi connectivity index (χ4v) is 7.27. The third-order valence-corrected chi connectivity index (χ3v) is 9.17. The van der Waals surface area contributed by atoms with Crippen LogP contribution in [0.25, 0.3) is 98.2 Å². The van der Waals surface area contributed by atoms with E-state index >= 15 is 0 Å².